The van der Waals surface area contributed by atoms with Gasteiger partial charge in [-0.15, -0.1) is 0 Å². The van der Waals surface area contributed by atoms with Crippen LogP contribution in [0.25, 0.3) is 11.8 Å². The first-order valence-corrected chi connectivity index (χ1v) is 6.89. The SMILES string of the molecule is C/C=C\c1c(/C(O)=C\C)cc(C)n1Cc1ccccc1. The summed E-state index contributed by atoms with van der Waals surface area (Å²) in [5.41, 5.74) is 4.33. The topological polar surface area (TPSA) is 25.2 Å². The van der Waals surface area contributed by atoms with Gasteiger partial charge < -0.3 is 9.67 Å². The second kappa shape index (κ2) is 6.29. The molecule has 0 amide bonds. The fraction of sp³-hybridized carbons (Fsp3) is 0.222. The summed E-state index contributed by atoms with van der Waals surface area (Å²) in [4.78, 5) is 0. The minimum atomic E-state index is 0.327. The van der Waals surface area contributed by atoms with Gasteiger partial charge in [0.05, 0.1) is 5.69 Å². The average Bonchev–Trinajstić information content (AvgIpc) is 2.77. The highest BCUT2D eigenvalue weighted by Gasteiger charge is 2.13. The van der Waals surface area contributed by atoms with Crippen LogP contribution >= 0.6 is 0 Å². The monoisotopic (exact) mass is 267 g/mol. The molecule has 0 atom stereocenters. The van der Waals surface area contributed by atoms with Crippen molar-refractivity contribution >= 4 is 11.8 Å². The van der Waals surface area contributed by atoms with E-state index in [9.17, 15) is 5.11 Å². The van der Waals surface area contributed by atoms with Crippen LogP contribution in [0.4, 0.5) is 0 Å². The smallest absolute Gasteiger partial charge is 0.120 e. The van der Waals surface area contributed by atoms with E-state index in [1.165, 1.54) is 5.56 Å². The van der Waals surface area contributed by atoms with E-state index in [1.807, 2.05) is 50.3 Å². The van der Waals surface area contributed by atoms with Crippen molar-refractivity contribution in [2.45, 2.75) is 27.3 Å². The highest BCUT2D eigenvalue weighted by molar-refractivity contribution is 5.69. The average molecular weight is 267 g/mol. The standard InChI is InChI=1S/C18H21NO/c1-4-9-17-16(18(20)5-2)12-14(3)19(17)13-15-10-7-6-8-11-15/h4-12,20H,13H2,1-3H3/b9-4-,18-5+. The van der Waals surface area contributed by atoms with Crippen molar-refractivity contribution in [3.05, 3.63) is 71.1 Å². The number of benzene rings is 1. The molecule has 2 nitrogen and oxygen atoms in total. The summed E-state index contributed by atoms with van der Waals surface area (Å²) in [7, 11) is 0. The summed E-state index contributed by atoms with van der Waals surface area (Å²) in [5.74, 6) is 0.327. The quantitative estimate of drug-likeness (QED) is 0.791. The lowest BCUT2D eigenvalue weighted by Crippen LogP contribution is -2.04. The second-order valence-electron chi connectivity index (χ2n) is 4.83. The van der Waals surface area contributed by atoms with E-state index in [0.29, 0.717) is 5.76 Å². The molecular formula is C18H21NO. The second-order valence-corrected chi connectivity index (χ2v) is 4.83. The molecule has 1 aromatic heterocycles. The molecule has 1 aromatic carbocycles. The first-order chi connectivity index (χ1) is 9.67. The predicted molar refractivity (Wildman–Crippen MR) is 85.7 cm³/mol. The van der Waals surface area contributed by atoms with Crippen molar-refractivity contribution < 1.29 is 5.11 Å². The van der Waals surface area contributed by atoms with E-state index in [1.54, 1.807) is 6.08 Å². The molecule has 2 rings (SSSR count). The van der Waals surface area contributed by atoms with Crippen molar-refractivity contribution in [1.29, 1.82) is 0 Å². The highest BCUT2D eigenvalue weighted by atomic mass is 16.3. The van der Waals surface area contributed by atoms with E-state index in [2.05, 4.69) is 23.6 Å². The maximum Gasteiger partial charge on any atom is 0.120 e. The summed E-state index contributed by atoms with van der Waals surface area (Å²) in [6.45, 7) is 6.72. The number of aryl methyl sites for hydroxylation is 1. The first kappa shape index (κ1) is 14.2. The Balaban J connectivity index is 2.49. The first-order valence-electron chi connectivity index (χ1n) is 6.89. The summed E-state index contributed by atoms with van der Waals surface area (Å²) in [6, 6.07) is 12.4. The molecule has 1 heterocycles. The van der Waals surface area contributed by atoms with Crippen molar-refractivity contribution in [2.75, 3.05) is 0 Å². The van der Waals surface area contributed by atoms with Gasteiger partial charge in [-0.25, -0.2) is 0 Å². The Morgan fingerprint density at radius 3 is 2.50 bits per heavy atom. The van der Waals surface area contributed by atoms with E-state index in [0.717, 1.165) is 23.5 Å². The zero-order chi connectivity index (χ0) is 14.5. The van der Waals surface area contributed by atoms with Gasteiger partial charge >= 0.3 is 0 Å². The van der Waals surface area contributed by atoms with Gasteiger partial charge in [0.2, 0.25) is 0 Å². The molecule has 104 valence electrons. The van der Waals surface area contributed by atoms with E-state index < -0.39 is 0 Å². The predicted octanol–water partition coefficient (Wildman–Crippen LogP) is 4.80. The molecular weight excluding hydrogens is 246 g/mol. The molecule has 0 saturated carbocycles. The third-order valence-electron chi connectivity index (χ3n) is 3.40. The van der Waals surface area contributed by atoms with E-state index >= 15 is 0 Å². The number of hydrogen-bond acceptors (Lipinski definition) is 1. The molecule has 0 bridgehead atoms. The molecule has 0 aliphatic carbocycles. The third-order valence-corrected chi connectivity index (χ3v) is 3.40. The fourth-order valence-electron chi connectivity index (χ4n) is 2.37. The Hall–Kier alpha value is -2.22. The summed E-state index contributed by atoms with van der Waals surface area (Å²) in [6.07, 6.45) is 5.78. The Morgan fingerprint density at radius 2 is 1.90 bits per heavy atom. The van der Waals surface area contributed by atoms with Gasteiger partial charge in [-0.2, -0.15) is 0 Å². The molecule has 0 aliphatic heterocycles. The van der Waals surface area contributed by atoms with Gasteiger partial charge in [0.1, 0.15) is 5.76 Å². The summed E-state index contributed by atoms with van der Waals surface area (Å²) in [5, 5.41) is 10.1. The van der Waals surface area contributed by atoms with Crippen LogP contribution in [0.1, 0.15) is 36.4 Å². The van der Waals surface area contributed by atoms with Crippen LogP contribution in [0.3, 0.4) is 0 Å². The van der Waals surface area contributed by atoms with Gasteiger partial charge in [-0.3, -0.25) is 0 Å². The van der Waals surface area contributed by atoms with Gasteiger partial charge in [-0.05, 0) is 44.6 Å². The maximum atomic E-state index is 10.1. The molecule has 2 heteroatoms. The summed E-state index contributed by atoms with van der Waals surface area (Å²) < 4.78 is 2.23. The lowest BCUT2D eigenvalue weighted by atomic mass is 10.1. The summed E-state index contributed by atoms with van der Waals surface area (Å²) >= 11 is 0. The van der Waals surface area contributed by atoms with Crippen molar-refractivity contribution in [3.63, 3.8) is 0 Å². The minimum Gasteiger partial charge on any atom is -0.508 e. The molecule has 1 N–H and O–H groups in total. The molecule has 0 aliphatic rings. The van der Waals surface area contributed by atoms with E-state index in [4.69, 9.17) is 0 Å². The lowest BCUT2D eigenvalue weighted by Gasteiger charge is -2.10. The van der Waals surface area contributed by atoms with Gasteiger partial charge in [0.15, 0.2) is 0 Å². The third kappa shape index (κ3) is 2.85. The van der Waals surface area contributed by atoms with Crippen LogP contribution in [-0.2, 0) is 6.54 Å². The minimum absolute atomic E-state index is 0.327. The van der Waals surface area contributed by atoms with Crippen molar-refractivity contribution in [3.8, 4) is 0 Å². The van der Waals surface area contributed by atoms with Crippen LogP contribution in [-0.4, -0.2) is 9.67 Å². The molecule has 0 radical (unpaired) electrons. The highest BCUT2D eigenvalue weighted by Crippen LogP contribution is 2.24. The van der Waals surface area contributed by atoms with Crippen LogP contribution in [0, 0.1) is 6.92 Å². The maximum absolute atomic E-state index is 10.1. The molecule has 0 unspecified atom stereocenters. The molecule has 2 aromatic rings. The van der Waals surface area contributed by atoms with E-state index in [-0.39, 0.29) is 0 Å². The number of allylic oxidation sites excluding steroid dienone is 2. The van der Waals surface area contributed by atoms with Gasteiger partial charge in [-0.1, -0.05) is 36.4 Å². The van der Waals surface area contributed by atoms with Gasteiger partial charge in [0.25, 0.3) is 0 Å². The Labute approximate surface area is 120 Å². The van der Waals surface area contributed by atoms with Crippen LogP contribution in [0.15, 0.2) is 48.6 Å². The largest absolute Gasteiger partial charge is 0.508 e. The van der Waals surface area contributed by atoms with Crippen LogP contribution in [0.5, 0.6) is 0 Å². The zero-order valence-corrected chi connectivity index (χ0v) is 12.3. The fourth-order valence-corrected chi connectivity index (χ4v) is 2.37. The molecule has 0 fully saturated rings. The van der Waals surface area contributed by atoms with Crippen LogP contribution in [0.2, 0.25) is 0 Å². The molecule has 20 heavy (non-hydrogen) atoms. The van der Waals surface area contributed by atoms with Crippen LogP contribution < -0.4 is 0 Å². The van der Waals surface area contributed by atoms with Crippen molar-refractivity contribution in [1.82, 2.24) is 4.57 Å². The zero-order valence-electron chi connectivity index (χ0n) is 12.3. The number of rotatable bonds is 4. The molecule has 0 spiro atoms. The Kier molecular flexibility index (Phi) is 4.46. The van der Waals surface area contributed by atoms with Gasteiger partial charge in [0, 0.05) is 17.8 Å². The normalized spacial score (nSPS) is 12.2. The van der Waals surface area contributed by atoms with Crippen molar-refractivity contribution in [2.24, 2.45) is 0 Å². The number of aliphatic hydroxyl groups excluding tert-OH is 1. The number of nitrogens with zero attached hydrogens (tertiary/aromatic N) is 1. The Bertz CT molecular complexity index is 633. The number of aromatic nitrogens is 1. The lowest BCUT2D eigenvalue weighted by molar-refractivity contribution is 0.510. The number of hydrogen-bond donors (Lipinski definition) is 1. The Morgan fingerprint density at radius 1 is 1.20 bits per heavy atom. The molecule has 0 saturated heterocycles. The number of aliphatic hydroxyl groups is 1.